The minimum atomic E-state index is -1.32. The molecule has 0 aromatic heterocycles. The van der Waals surface area contributed by atoms with Gasteiger partial charge in [0.15, 0.2) is 0 Å². The second kappa shape index (κ2) is 14.8. The lowest BCUT2D eigenvalue weighted by Crippen LogP contribution is -2.53. The molecule has 9 nitrogen and oxygen atoms in total. The SMILES string of the molecule is CC(C)C[C@@H](NC(=O)OC(C)(C)C)C(=O)N[C@H](CC(=O)OCc1ccccc1)C(=O)OCc1ccccc1. The van der Waals surface area contributed by atoms with Crippen LogP contribution in [0, 0.1) is 5.92 Å². The molecular weight excluding hydrogens is 488 g/mol. The molecule has 2 amide bonds. The van der Waals surface area contributed by atoms with Crippen LogP contribution in [0.2, 0.25) is 0 Å². The third kappa shape index (κ3) is 11.9. The minimum absolute atomic E-state index is 0.0234. The van der Waals surface area contributed by atoms with Gasteiger partial charge in [0.1, 0.15) is 30.9 Å². The fourth-order valence-corrected chi connectivity index (χ4v) is 3.41. The first kappa shape index (κ1) is 30.3. The number of rotatable bonds is 12. The van der Waals surface area contributed by atoms with Gasteiger partial charge in [-0.25, -0.2) is 9.59 Å². The predicted molar refractivity (Wildman–Crippen MR) is 142 cm³/mol. The molecule has 0 saturated carbocycles. The van der Waals surface area contributed by atoms with Crippen molar-refractivity contribution in [2.75, 3.05) is 0 Å². The van der Waals surface area contributed by atoms with E-state index in [9.17, 15) is 19.2 Å². The van der Waals surface area contributed by atoms with Gasteiger partial charge < -0.3 is 24.8 Å². The summed E-state index contributed by atoms with van der Waals surface area (Å²) in [5.74, 6) is -2.07. The molecule has 38 heavy (non-hydrogen) atoms. The topological polar surface area (TPSA) is 120 Å². The lowest BCUT2D eigenvalue weighted by atomic mass is 10.0. The summed E-state index contributed by atoms with van der Waals surface area (Å²) in [7, 11) is 0. The number of benzene rings is 2. The van der Waals surface area contributed by atoms with E-state index in [1.54, 1.807) is 45.0 Å². The third-order valence-corrected chi connectivity index (χ3v) is 5.15. The Bertz CT molecular complexity index is 1050. The fourth-order valence-electron chi connectivity index (χ4n) is 3.41. The van der Waals surface area contributed by atoms with Crippen LogP contribution < -0.4 is 10.6 Å². The Morgan fingerprint density at radius 2 is 1.29 bits per heavy atom. The monoisotopic (exact) mass is 526 g/mol. The summed E-state index contributed by atoms with van der Waals surface area (Å²) in [6, 6.07) is 15.8. The van der Waals surface area contributed by atoms with Crippen LogP contribution in [0.25, 0.3) is 0 Å². The summed E-state index contributed by atoms with van der Waals surface area (Å²) in [6.07, 6.45) is -0.911. The maximum absolute atomic E-state index is 13.2. The quantitative estimate of drug-likeness (QED) is 0.313. The number of nitrogens with one attached hydrogen (secondary N) is 2. The molecule has 0 fully saturated rings. The molecule has 0 aliphatic carbocycles. The molecule has 2 atom stereocenters. The average Bonchev–Trinajstić information content (AvgIpc) is 2.85. The molecule has 0 radical (unpaired) electrons. The van der Waals surface area contributed by atoms with E-state index in [1.165, 1.54) is 0 Å². The highest BCUT2D eigenvalue weighted by Crippen LogP contribution is 2.12. The number of alkyl carbamates (subject to hydrolysis) is 1. The Morgan fingerprint density at radius 3 is 1.79 bits per heavy atom. The van der Waals surface area contributed by atoms with Crippen LogP contribution >= 0.6 is 0 Å². The summed E-state index contributed by atoms with van der Waals surface area (Å²) in [6.45, 7) is 8.91. The van der Waals surface area contributed by atoms with E-state index in [4.69, 9.17) is 14.2 Å². The molecular formula is C29H38N2O7. The van der Waals surface area contributed by atoms with E-state index in [0.717, 1.165) is 11.1 Å². The first-order valence-corrected chi connectivity index (χ1v) is 12.6. The largest absolute Gasteiger partial charge is 0.461 e. The maximum Gasteiger partial charge on any atom is 0.408 e. The van der Waals surface area contributed by atoms with Crippen LogP contribution in [0.4, 0.5) is 4.79 Å². The van der Waals surface area contributed by atoms with Gasteiger partial charge in [0.25, 0.3) is 0 Å². The molecule has 2 aromatic carbocycles. The van der Waals surface area contributed by atoms with Gasteiger partial charge in [-0.1, -0.05) is 74.5 Å². The van der Waals surface area contributed by atoms with Gasteiger partial charge in [0.2, 0.25) is 5.91 Å². The van der Waals surface area contributed by atoms with Gasteiger partial charge in [-0.3, -0.25) is 9.59 Å². The van der Waals surface area contributed by atoms with E-state index in [0.29, 0.717) is 0 Å². The van der Waals surface area contributed by atoms with Gasteiger partial charge in [-0.15, -0.1) is 0 Å². The lowest BCUT2D eigenvalue weighted by molar-refractivity contribution is -0.155. The van der Waals surface area contributed by atoms with Crippen molar-refractivity contribution in [1.29, 1.82) is 0 Å². The Morgan fingerprint density at radius 1 is 0.763 bits per heavy atom. The molecule has 0 saturated heterocycles. The van der Waals surface area contributed by atoms with Crippen LogP contribution in [0.5, 0.6) is 0 Å². The Kier molecular flexibility index (Phi) is 11.8. The molecule has 206 valence electrons. The van der Waals surface area contributed by atoms with Crippen molar-refractivity contribution in [3.63, 3.8) is 0 Å². The number of carbonyl (C=O) groups excluding carboxylic acids is 4. The highest BCUT2D eigenvalue weighted by Gasteiger charge is 2.31. The number of amides is 2. The molecule has 0 aliphatic rings. The summed E-state index contributed by atoms with van der Waals surface area (Å²) >= 11 is 0. The number of hydrogen-bond donors (Lipinski definition) is 2. The molecule has 0 bridgehead atoms. The summed E-state index contributed by atoms with van der Waals surface area (Å²) < 4.78 is 16.0. The zero-order valence-electron chi connectivity index (χ0n) is 22.7. The second-order valence-electron chi connectivity index (χ2n) is 10.3. The summed E-state index contributed by atoms with van der Waals surface area (Å²) in [5.41, 5.74) is 0.781. The van der Waals surface area contributed by atoms with E-state index < -0.39 is 48.0 Å². The number of esters is 2. The number of ether oxygens (including phenoxy) is 3. The van der Waals surface area contributed by atoms with E-state index in [1.807, 2.05) is 50.2 Å². The predicted octanol–water partition coefficient (Wildman–Crippen LogP) is 4.29. The maximum atomic E-state index is 13.2. The van der Waals surface area contributed by atoms with Crippen molar-refractivity contribution in [2.24, 2.45) is 5.92 Å². The fraction of sp³-hybridized carbons (Fsp3) is 0.448. The molecule has 0 spiro atoms. The molecule has 0 heterocycles. The third-order valence-electron chi connectivity index (χ3n) is 5.15. The summed E-state index contributed by atoms with van der Waals surface area (Å²) in [5, 5.41) is 5.14. The van der Waals surface area contributed by atoms with Crippen LogP contribution in [0.1, 0.15) is 58.6 Å². The number of carbonyl (C=O) groups is 4. The normalized spacial score (nSPS) is 12.7. The van der Waals surface area contributed by atoms with Crippen molar-refractivity contribution in [2.45, 2.75) is 78.4 Å². The second-order valence-corrected chi connectivity index (χ2v) is 10.3. The van der Waals surface area contributed by atoms with Crippen LogP contribution in [0.15, 0.2) is 60.7 Å². The van der Waals surface area contributed by atoms with E-state index in [2.05, 4.69) is 10.6 Å². The molecule has 2 aromatic rings. The van der Waals surface area contributed by atoms with Crippen LogP contribution in [-0.2, 0) is 41.8 Å². The first-order chi connectivity index (χ1) is 17.9. The van der Waals surface area contributed by atoms with Crippen molar-refractivity contribution < 1.29 is 33.4 Å². The first-order valence-electron chi connectivity index (χ1n) is 12.6. The van der Waals surface area contributed by atoms with Gasteiger partial charge in [0, 0.05) is 0 Å². The van der Waals surface area contributed by atoms with Gasteiger partial charge in [-0.2, -0.15) is 0 Å². The Labute approximate surface area is 224 Å². The van der Waals surface area contributed by atoms with Crippen molar-refractivity contribution in [3.05, 3.63) is 71.8 Å². The molecule has 0 unspecified atom stereocenters. The average molecular weight is 527 g/mol. The molecule has 2 N–H and O–H groups in total. The molecule has 2 rings (SSSR count). The zero-order chi connectivity index (χ0) is 28.1. The van der Waals surface area contributed by atoms with Gasteiger partial charge >= 0.3 is 18.0 Å². The molecule has 9 heteroatoms. The van der Waals surface area contributed by atoms with Crippen molar-refractivity contribution >= 4 is 23.9 Å². The van der Waals surface area contributed by atoms with Crippen LogP contribution in [0.3, 0.4) is 0 Å². The zero-order valence-corrected chi connectivity index (χ0v) is 22.7. The van der Waals surface area contributed by atoms with Crippen LogP contribution in [-0.4, -0.2) is 41.6 Å². The minimum Gasteiger partial charge on any atom is -0.461 e. The van der Waals surface area contributed by atoms with E-state index >= 15 is 0 Å². The van der Waals surface area contributed by atoms with Gasteiger partial charge in [0.05, 0.1) is 6.42 Å². The highest BCUT2D eigenvalue weighted by atomic mass is 16.6. The highest BCUT2D eigenvalue weighted by molar-refractivity contribution is 5.91. The smallest absolute Gasteiger partial charge is 0.408 e. The summed E-state index contributed by atoms with van der Waals surface area (Å²) in [4.78, 5) is 51.1. The Balaban J connectivity index is 2.11. The number of hydrogen-bond acceptors (Lipinski definition) is 7. The van der Waals surface area contributed by atoms with E-state index in [-0.39, 0.29) is 25.6 Å². The van der Waals surface area contributed by atoms with Crippen molar-refractivity contribution in [3.8, 4) is 0 Å². The molecule has 0 aliphatic heterocycles. The van der Waals surface area contributed by atoms with Crippen molar-refractivity contribution in [1.82, 2.24) is 10.6 Å². The lowest BCUT2D eigenvalue weighted by Gasteiger charge is -2.25. The van der Waals surface area contributed by atoms with Gasteiger partial charge in [-0.05, 0) is 44.2 Å². The standard InChI is InChI=1S/C29H38N2O7/c1-20(2)16-23(31-28(35)38-29(3,4)5)26(33)30-24(27(34)37-19-22-14-10-7-11-15-22)17-25(32)36-18-21-12-8-6-9-13-21/h6-15,20,23-24H,16-19H2,1-5H3,(H,30,33)(H,31,35)/t23-,24-/m1/s1. The Hall–Kier alpha value is -3.88.